The summed E-state index contributed by atoms with van der Waals surface area (Å²) in [6, 6.07) is 0. The maximum Gasteiger partial charge on any atom is 0.252 e. The van der Waals surface area contributed by atoms with Gasteiger partial charge in [0, 0.05) is 0 Å². The Bertz CT molecular complexity index is 521. The van der Waals surface area contributed by atoms with Gasteiger partial charge in [-0.05, 0) is 27.7 Å². The van der Waals surface area contributed by atoms with Gasteiger partial charge in [0.25, 0.3) is 5.91 Å². The number of nitrogens with one attached hydrogen (secondary N) is 1. The highest BCUT2D eigenvalue weighted by Crippen LogP contribution is 2.44. The van der Waals surface area contributed by atoms with E-state index in [9.17, 15) is 9.59 Å². The molecular formula is C14H22N2O7. The second kappa shape index (κ2) is 5.38. The highest BCUT2D eigenvalue weighted by Gasteiger charge is 2.62. The molecule has 3 N–H and O–H groups in total. The number of primary amides is 1. The molecule has 3 saturated heterocycles. The van der Waals surface area contributed by atoms with Crippen LogP contribution in [0.2, 0.25) is 0 Å². The van der Waals surface area contributed by atoms with Gasteiger partial charge in [0.2, 0.25) is 5.91 Å². The van der Waals surface area contributed by atoms with Crippen LogP contribution in [0.4, 0.5) is 0 Å². The summed E-state index contributed by atoms with van der Waals surface area (Å²) in [6.45, 7) is 6.73. The fraction of sp³-hybridized carbons (Fsp3) is 0.857. The van der Waals surface area contributed by atoms with Crippen LogP contribution in [-0.2, 0) is 33.3 Å². The molecule has 3 aliphatic rings. The number of carbonyl (C=O) groups excluding carboxylic acids is 2. The summed E-state index contributed by atoms with van der Waals surface area (Å²) >= 11 is 0. The third-order valence-electron chi connectivity index (χ3n) is 3.85. The minimum absolute atomic E-state index is 0.280. The molecule has 3 rings (SSSR count). The lowest BCUT2D eigenvalue weighted by atomic mass is 9.98. The maximum atomic E-state index is 12.3. The maximum absolute atomic E-state index is 12.3. The lowest BCUT2D eigenvalue weighted by molar-refractivity contribution is -0.231. The number of amides is 2. The first-order chi connectivity index (χ1) is 10.6. The highest BCUT2D eigenvalue weighted by atomic mass is 16.9. The molecule has 130 valence electrons. The van der Waals surface area contributed by atoms with Crippen LogP contribution >= 0.6 is 0 Å². The summed E-state index contributed by atoms with van der Waals surface area (Å²) in [4.78, 5) is 23.2. The molecule has 9 heteroatoms. The van der Waals surface area contributed by atoms with Gasteiger partial charge in [0.05, 0.1) is 6.54 Å². The Labute approximate surface area is 133 Å². The van der Waals surface area contributed by atoms with Gasteiger partial charge in [0.15, 0.2) is 24.0 Å². The number of nitrogens with two attached hydrogens (primary N) is 1. The van der Waals surface area contributed by atoms with Crippen LogP contribution in [0.25, 0.3) is 0 Å². The van der Waals surface area contributed by atoms with E-state index in [2.05, 4.69) is 5.32 Å². The first kappa shape index (κ1) is 16.6. The standard InChI is InChI=1S/C14H22N2O7/c1-13(2)20-7-8(21-13)10-12(23-14(3,4)22-10)19-9(7)11(18)16-5-6(15)17/h7-10,12H,5H2,1-4H3,(H2,15,17)(H,16,18). The van der Waals surface area contributed by atoms with Crippen LogP contribution in [0.5, 0.6) is 0 Å². The Hall–Kier alpha value is -1.26. The molecule has 5 unspecified atom stereocenters. The van der Waals surface area contributed by atoms with Crippen LogP contribution in [-0.4, -0.2) is 60.6 Å². The van der Waals surface area contributed by atoms with Crippen molar-refractivity contribution in [1.82, 2.24) is 5.32 Å². The largest absolute Gasteiger partial charge is 0.368 e. The molecule has 0 aliphatic carbocycles. The molecule has 0 saturated carbocycles. The quantitative estimate of drug-likeness (QED) is 0.680. The minimum atomic E-state index is -0.986. The van der Waals surface area contributed by atoms with Gasteiger partial charge in [-0.15, -0.1) is 0 Å². The van der Waals surface area contributed by atoms with Crippen molar-refractivity contribution in [2.24, 2.45) is 5.73 Å². The molecule has 23 heavy (non-hydrogen) atoms. The SMILES string of the molecule is CC1(C)OC2OC(C(=O)NCC(N)=O)C3OC(C)(C)OC3C2O1. The summed E-state index contributed by atoms with van der Waals surface area (Å²) in [5.74, 6) is -2.89. The number of fused-ring (bicyclic) bond motifs is 3. The van der Waals surface area contributed by atoms with Crippen molar-refractivity contribution in [3.8, 4) is 0 Å². The Kier molecular flexibility index (Phi) is 3.88. The first-order valence-electron chi connectivity index (χ1n) is 7.51. The van der Waals surface area contributed by atoms with Crippen molar-refractivity contribution in [2.45, 2.75) is 70.0 Å². The molecule has 0 aromatic carbocycles. The zero-order valence-corrected chi connectivity index (χ0v) is 13.5. The molecule has 0 aromatic heterocycles. The topological polar surface area (TPSA) is 118 Å². The van der Waals surface area contributed by atoms with Crippen LogP contribution in [0.3, 0.4) is 0 Å². The average Bonchev–Trinajstić information content (AvgIpc) is 2.89. The Morgan fingerprint density at radius 3 is 2.17 bits per heavy atom. The van der Waals surface area contributed by atoms with Crippen molar-refractivity contribution in [2.75, 3.05) is 6.54 Å². The summed E-state index contributed by atoms with van der Waals surface area (Å²) in [5.41, 5.74) is 5.05. The van der Waals surface area contributed by atoms with E-state index in [1.807, 2.05) is 0 Å². The van der Waals surface area contributed by atoms with Gasteiger partial charge in [0.1, 0.15) is 18.3 Å². The fourth-order valence-corrected chi connectivity index (χ4v) is 3.10. The van der Waals surface area contributed by atoms with E-state index in [4.69, 9.17) is 29.4 Å². The zero-order valence-electron chi connectivity index (χ0n) is 13.5. The summed E-state index contributed by atoms with van der Waals surface area (Å²) in [7, 11) is 0. The molecule has 0 spiro atoms. The molecule has 3 fully saturated rings. The highest BCUT2D eigenvalue weighted by molar-refractivity contribution is 5.86. The third kappa shape index (κ3) is 3.20. The van der Waals surface area contributed by atoms with E-state index in [0.717, 1.165) is 0 Å². The molecular weight excluding hydrogens is 308 g/mol. The van der Waals surface area contributed by atoms with Crippen LogP contribution in [0, 0.1) is 0 Å². The monoisotopic (exact) mass is 330 g/mol. The summed E-state index contributed by atoms with van der Waals surface area (Å²) < 4.78 is 28.9. The van der Waals surface area contributed by atoms with Gasteiger partial charge in [-0.25, -0.2) is 0 Å². The molecule has 5 atom stereocenters. The van der Waals surface area contributed by atoms with E-state index in [1.165, 1.54) is 0 Å². The molecule has 0 aromatic rings. The normalized spacial score (nSPS) is 40.3. The number of rotatable bonds is 3. The Morgan fingerprint density at radius 2 is 1.52 bits per heavy atom. The van der Waals surface area contributed by atoms with Gasteiger partial charge < -0.3 is 34.7 Å². The van der Waals surface area contributed by atoms with E-state index >= 15 is 0 Å². The molecule has 0 radical (unpaired) electrons. The zero-order chi connectivity index (χ0) is 17.0. The average molecular weight is 330 g/mol. The molecule has 0 bridgehead atoms. The van der Waals surface area contributed by atoms with Gasteiger partial charge in [-0.3, -0.25) is 9.59 Å². The van der Waals surface area contributed by atoms with Gasteiger partial charge in [-0.1, -0.05) is 0 Å². The molecule has 9 nitrogen and oxygen atoms in total. The molecule has 2 amide bonds. The predicted octanol–water partition coefficient (Wildman–Crippen LogP) is -1.02. The number of carbonyl (C=O) groups is 2. The van der Waals surface area contributed by atoms with Crippen molar-refractivity contribution in [3.05, 3.63) is 0 Å². The van der Waals surface area contributed by atoms with Crippen LogP contribution in [0.1, 0.15) is 27.7 Å². The first-order valence-corrected chi connectivity index (χ1v) is 7.51. The van der Waals surface area contributed by atoms with Crippen LogP contribution < -0.4 is 11.1 Å². The second-order valence-corrected chi connectivity index (χ2v) is 6.77. The van der Waals surface area contributed by atoms with Crippen molar-refractivity contribution < 1.29 is 33.3 Å². The Balaban J connectivity index is 1.81. The Morgan fingerprint density at radius 1 is 0.957 bits per heavy atom. The summed E-state index contributed by atoms with van der Waals surface area (Å²) in [5, 5.41) is 2.42. The number of hydrogen-bond acceptors (Lipinski definition) is 7. The molecule has 3 heterocycles. The van der Waals surface area contributed by atoms with E-state index in [0.29, 0.717) is 0 Å². The van der Waals surface area contributed by atoms with Crippen molar-refractivity contribution >= 4 is 11.8 Å². The minimum Gasteiger partial charge on any atom is -0.368 e. The smallest absolute Gasteiger partial charge is 0.252 e. The van der Waals surface area contributed by atoms with Crippen LogP contribution in [0.15, 0.2) is 0 Å². The lowest BCUT2D eigenvalue weighted by Crippen LogP contribution is -2.59. The third-order valence-corrected chi connectivity index (χ3v) is 3.85. The van der Waals surface area contributed by atoms with Gasteiger partial charge >= 0.3 is 0 Å². The van der Waals surface area contributed by atoms with Gasteiger partial charge in [-0.2, -0.15) is 0 Å². The molecule has 3 aliphatic heterocycles. The lowest BCUT2D eigenvalue weighted by Gasteiger charge is -2.36. The summed E-state index contributed by atoms with van der Waals surface area (Å²) in [6.07, 6.45) is -3.43. The van der Waals surface area contributed by atoms with E-state index < -0.39 is 54.1 Å². The fourth-order valence-electron chi connectivity index (χ4n) is 3.10. The van der Waals surface area contributed by atoms with E-state index in [-0.39, 0.29) is 6.54 Å². The van der Waals surface area contributed by atoms with Crippen molar-refractivity contribution in [3.63, 3.8) is 0 Å². The van der Waals surface area contributed by atoms with Crippen molar-refractivity contribution in [1.29, 1.82) is 0 Å². The number of hydrogen-bond donors (Lipinski definition) is 2. The number of ether oxygens (including phenoxy) is 5. The predicted molar refractivity (Wildman–Crippen MR) is 74.7 cm³/mol. The van der Waals surface area contributed by atoms with E-state index in [1.54, 1.807) is 27.7 Å². The second-order valence-electron chi connectivity index (χ2n) is 6.77.